The van der Waals surface area contributed by atoms with Gasteiger partial charge in [0.2, 0.25) is 0 Å². The van der Waals surface area contributed by atoms with Gasteiger partial charge in [-0.3, -0.25) is 18.6 Å². The molecule has 0 fully saturated rings. The van der Waals surface area contributed by atoms with Gasteiger partial charge in [-0.05, 0) is 108 Å². The Morgan fingerprint density at radius 2 is 0.685 bits per heavy atom. The molecule has 0 aliphatic rings. The molecule has 8 nitrogen and oxygen atoms in total. The first kappa shape index (κ1) is 54.1. The molecule has 0 aliphatic carbocycles. The molecule has 0 radical (unpaired) electrons. The fourth-order valence-corrected chi connectivity index (χ4v) is 3.41. The van der Waals surface area contributed by atoms with Crippen LogP contribution in [-0.2, 0) is 0 Å². The smallest absolute Gasteiger partial charge is 0.150 e. The van der Waals surface area contributed by atoms with E-state index in [0.717, 1.165) is 31.9 Å². The van der Waals surface area contributed by atoms with Crippen molar-refractivity contribution in [2.24, 2.45) is 0 Å². The minimum atomic E-state index is -0.319. The third-order valence-electron chi connectivity index (χ3n) is 6.05. The lowest BCUT2D eigenvalue weighted by atomic mass is 10.2. The molecule has 4 aromatic carbocycles. The second-order valence-electron chi connectivity index (χ2n) is 11.9. The first-order chi connectivity index (χ1) is 24.6. The van der Waals surface area contributed by atoms with Crippen molar-refractivity contribution in [3.8, 4) is 24.3 Å². The topological polar surface area (TPSA) is 129 Å². The molecule has 0 aliphatic heterocycles. The average Bonchev–Trinajstić information content (AvgIpc) is 3.12. The molecule has 0 bridgehead atoms. The van der Waals surface area contributed by atoms with E-state index in [1.165, 1.54) is 73.8 Å². The number of rotatable bonds is 6. The van der Waals surface area contributed by atoms with E-state index >= 15 is 0 Å². The summed E-state index contributed by atoms with van der Waals surface area (Å²) in [5.74, 6) is -0.584. The van der Waals surface area contributed by atoms with Crippen LogP contribution >= 0.6 is 0 Å². The molecule has 0 saturated carbocycles. The van der Waals surface area contributed by atoms with E-state index in [9.17, 15) is 18.4 Å². The average molecular weight is 739 g/mol. The first-order valence-electron chi connectivity index (χ1n) is 15.6. The Hall–Kier alpha value is -6.70. The summed E-state index contributed by atoms with van der Waals surface area (Å²) in [5, 5.41) is 31.2. The highest BCUT2D eigenvalue weighted by Gasteiger charge is 2.11. The molecule has 4 aromatic rings. The van der Waals surface area contributed by atoms with Gasteiger partial charge in [0.25, 0.3) is 0 Å². The Morgan fingerprint density at radius 1 is 0.463 bits per heavy atom. The lowest BCUT2D eigenvalue weighted by Crippen LogP contribution is -3.00. The summed E-state index contributed by atoms with van der Waals surface area (Å²) >= 11 is 0. The van der Waals surface area contributed by atoms with Crippen molar-refractivity contribution in [3.05, 3.63) is 143 Å². The zero-order valence-corrected chi connectivity index (χ0v) is 31.7. The van der Waals surface area contributed by atoms with Crippen LogP contribution in [0.15, 0.2) is 109 Å². The quantitative estimate of drug-likeness (QED) is 0.129. The van der Waals surface area contributed by atoms with E-state index in [-0.39, 0.29) is 21.0 Å². The van der Waals surface area contributed by atoms with Crippen molar-refractivity contribution in [1.82, 2.24) is 8.97 Å². The van der Waals surface area contributed by atoms with Gasteiger partial charge in [0.15, 0.2) is 0 Å². The highest BCUT2D eigenvalue weighted by atomic mass is 18.2. The molecule has 0 N–H and O–H groups in total. The molecule has 0 saturated heterocycles. The summed E-state index contributed by atoms with van der Waals surface area (Å²) in [6.07, 6.45) is 7.81. The molecule has 0 aromatic heterocycles. The highest BCUT2D eigenvalue weighted by Crippen LogP contribution is 2.18. The van der Waals surface area contributed by atoms with Gasteiger partial charge in [-0.25, -0.2) is 8.78 Å². The first-order valence-corrected chi connectivity index (χ1v) is 15.6. The van der Waals surface area contributed by atoms with Gasteiger partial charge >= 0.3 is 0 Å². The Balaban J connectivity index is -0.000000292. The van der Waals surface area contributed by atoms with E-state index in [1.54, 1.807) is 36.4 Å². The van der Waals surface area contributed by atoms with Crippen LogP contribution in [0.3, 0.4) is 0 Å². The van der Waals surface area contributed by atoms with Gasteiger partial charge in [-0.1, -0.05) is 12.1 Å². The monoisotopic (exact) mass is 738 g/mol. The van der Waals surface area contributed by atoms with Gasteiger partial charge in [-0.15, -0.1) is 0 Å². The van der Waals surface area contributed by atoms with Crippen molar-refractivity contribution in [2.45, 2.75) is 13.8 Å². The standard InChI is InChI=1S/C12H15N2.C10H14NO.C9H6FN.C7H5FO.2C2H3N.2FH/c1-14(2,3)12-8-6-11(7-9-12)5-4-10-13;1-11(2,3)10-6-4-9(8-12)5-7-10;10-9-5-3-8(4-6-9)2-1-7-11;8-7-3-1-6(5-9)2-4-7;2*1-2-3;;/h4-9H,1-3H3;4-8H,1-3H3;1-6H;1-5H;2*1H3;2*1H/q2*+1;;;;;;/p-2/b5-4+;;2-1+;;;;;/i;;10-1;8-1;;;2*1-1. The fraction of sp³-hybridized carbons (Fsp3) is 0.190. The van der Waals surface area contributed by atoms with Crippen LogP contribution in [0.5, 0.6) is 0 Å². The number of hydrogen-bond donors (Lipinski definition) is 0. The zero-order valence-electron chi connectivity index (χ0n) is 31.7. The molecule has 12 heteroatoms. The van der Waals surface area contributed by atoms with E-state index in [4.69, 9.17) is 21.0 Å². The number of halogens is 4. The molecule has 284 valence electrons. The van der Waals surface area contributed by atoms with Crippen LogP contribution in [-0.4, -0.2) is 54.9 Å². The second kappa shape index (κ2) is 31.1. The second-order valence-corrected chi connectivity index (χ2v) is 11.9. The lowest BCUT2D eigenvalue weighted by Gasteiger charge is -2.23. The molecule has 0 spiro atoms. The molecular weight excluding hydrogens is 693 g/mol. The molecule has 0 unspecified atom stereocenters. The Kier molecular flexibility index (Phi) is 31.1. The third kappa shape index (κ3) is 27.1. The molecule has 0 heterocycles. The fourth-order valence-electron chi connectivity index (χ4n) is 3.41. The summed E-state index contributed by atoms with van der Waals surface area (Å²) in [4.78, 5) is 20.4. The Bertz CT molecular complexity index is 1820. The van der Waals surface area contributed by atoms with Crippen molar-refractivity contribution in [2.75, 3.05) is 42.3 Å². The van der Waals surface area contributed by atoms with Crippen LogP contribution in [0.25, 0.3) is 12.2 Å². The number of carbonyl (C=O) groups excluding carboxylic acids is 2. The number of quaternary nitrogens is 2. The van der Waals surface area contributed by atoms with E-state index in [2.05, 4.69) is 54.4 Å². The maximum absolute atomic E-state index is 12.3. The molecular formula is C42H46F4N6O2. The van der Waals surface area contributed by atoms with Crippen molar-refractivity contribution >= 4 is 36.1 Å². The zero-order chi connectivity index (χ0) is 40.0. The van der Waals surface area contributed by atoms with E-state index in [1.807, 2.05) is 48.5 Å². The molecule has 4 rings (SSSR count). The summed E-state index contributed by atoms with van der Waals surface area (Å²) in [7, 11) is 12.7. The number of nitrogens with zero attached hydrogens (tertiary/aromatic N) is 6. The number of benzene rings is 4. The van der Waals surface area contributed by atoms with Crippen molar-refractivity contribution in [3.63, 3.8) is 0 Å². The minimum absolute atomic E-state index is 0. The normalized spacial score (nSPS) is 9.30. The van der Waals surface area contributed by atoms with Crippen molar-refractivity contribution < 1.29 is 27.8 Å². The number of nitriles is 4. The SMILES string of the molecule is CC#N.CC#N.C[N+](C)(C)c1ccc(/C=C/C#N)cc1.C[N+](C)(C)c1ccc(C=O)cc1.N#C/C=C/c1ccc([18F])cc1.O=Cc1ccc([18F])cc1.[18F-].[18F-]. The van der Waals surface area contributed by atoms with E-state index < -0.39 is 0 Å². The van der Waals surface area contributed by atoms with Gasteiger partial charge in [0.05, 0.1) is 66.6 Å². The van der Waals surface area contributed by atoms with Crippen LogP contribution in [0.1, 0.15) is 45.7 Å². The van der Waals surface area contributed by atoms with Crippen LogP contribution < -0.4 is 18.4 Å². The molecule has 0 atom stereocenters. The Morgan fingerprint density at radius 3 is 0.907 bits per heavy atom. The number of allylic oxidation sites excluding steroid dienone is 2. The van der Waals surface area contributed by atoms with Crippen molar-refractivity contribution in [1.29, 1.82) is 21.0 Å². The number of hydrogen-bond acceptors (Lipinski definition) is 6. The minimum Gasteiger partial charge on any atom is -1.00 e. The van der Waals surface area contributed by atoms with Gasteiger partial charge in [0, 0.05) is 37.1 Å². The predicted molar refractivity (Wildman–Crippen MR) is 207 cm³/mol. The van der Waals surface area contributed by atoms with Crippen LogP contribution in [0, 0.1) is 57.0 Å². The van der Waals surface area contributed by atoms with Crippen LogP contribution in [0.2, 0.25) is 0 Å². The summed E-state index contributed by atoms with van der Waals surface area (Å²) < 4.78 is 26.0. The Labute approximate surface area is 316 Å². The molecule has 0 amide bonds. The lowest BCUT2D eigenvalue weighted by molar-refractivity contribution is -0.001000. The van der Waals surface area contributed by atoms with E-state index in [0.29, 0.717) is 11.8 Å². The van der Waals surface area contributed by atoms with Gasteiger partial charge in [0.1, 0.15) is 35.6 Å². The predicted octanol–water partition coefficient (Wildman–Crippen LogP) is 3.18. The maximum Gasteiger partial charge on any atom is 0.150 e. The summed E-state index contributed by atoms with van der Waals surface area (Å²) in [6.45, 7) is 2.86. The van der Waals surface area contributed by atoms with Gasteiger partial charge in [-0.2, -0.15) is 21.0 Å². The van der Waals surface area contributed by atoms with Gasteiger partial charge < -0.3 is 9.41 Å². The van der Waals surface area contributed by atoms with Crippen LogP contribution in [0.4, 0.5) is 20.2 Å². The molecule has 54 heavy (non-hydrogen) atoms. The third-order valence-corrected chi connectivity index (χ3v) is 6.05. The highest BCUT2D eigenvalue weighted by molar-refractivity contribution is 5.75. The summed E-state index contributed by atoms with van der Waals surface area (Å²) in [5.41, 5.74) is 5.56. The maximum atomic E-state index is 12.3. The summed E-state index contributed by atoms with van der Waals surface area (Å²) in [6, 6.07) is 34.5. The number of carbonyl (C=O) groups is 2. The largest absolute Gasteiger partial charge is 1.00 e. The number of aldehydes is 2.